The second kappa shape index (κ2) is 5.76. The van der Waals surface area contributed by atoms with Crippen LogP contribution in [0.4, 0.5) is 8.78 Å². The highest BCUT2D eigenvalue weighted by Gasteiger charge is 2.33. The molecule has 1 fully saturated rings. The quantitative estimate of drug-likeness (QED) is 0.764. The molecule has 0 amide bonds. The van der Waals surface area contributed by atoms with Crippen molar-refractivity contribution in [3.05, 3.63) is 28.8 Å². The van der Waals surface area contributed by atoms with Crippen molar-refractivity contribution >= 4 is 23.4 Å². The summed E-state index contributed by atoms with van der Waals surface area (Å²) in [5.41, 5.74) is 1.02. The van der Waals surface area contributed by atoms with Crippen molar-refractivity contribution in [2.24, 2.45) is 0 Å². The van der Waals surface area contributed by atoms with Gasteiger partial charge < -0.3 is 0 Å². The summed E-state index contributed by atoms with van der Waals surface area (Å²) in [7, 11) is 0. The number of piperidine rings is 1. The van der Waals surface area contributed by atoms with E-state index in [1.165, 1.54) is 0 Å². The minimum Gasteiger partial charge on any atom is -0.299 e. The third-order valence-corrected chi connectivity index (χ3v) is 4.33. The second-order valence-corrected chi connectivity index (χ2v) is 5.88. The van der Waals surface area contributed by atoms with E-state index in [2.05, 4.69) is 0 Å². The van der Waals surface area contributed by atoms with Gasteiger partial charge in [0.25, 0.3) is 5.92 Å². The minimum atomic E-state index is -2.48. The van der Waals surface area contributed by atoms with Gasteiger partial charge in [-0.05, 0) is 30.0 Å². The lowest BCUT2D eigenvalue weighted by molar-refractivity contribution is -0.0566. The van der Waals surface area contributed by atoms with Crippen LogP contribution in [-0.2, 0) is 6.54 Å². The molecule has 1 aliphatic heterocycles. The summed E-state index contributed by atoms with van der Waals surface area (Å²) in [4.78, 5) is 3.19. The van der Waals surface area contributed by atoms with Crippen molar-refractivity contribution in [1.82, 2.24) is 4.90 Å². The summed E-state index contributed by atoms with van der Waals surface area (Å²) >= 11 is 7.80. The van der Waals surface area contributed by atoms with E-state index < -0.39 is 5.92 Å². The van der Waals surface area contributed by atoms with Gasteiger partial charge in [0, 0.05) is 42.4 Å². The van der Waals surface area contributed by atoms with Crippen LogP contribution in [0.25, 0.3) is 0 Å². The normalized spacial score (nSPS) is 20.0. The molecule has 1 aromatic rings. The van der Waals surface area contributed by atoms with E-state index in [0.717, 1.165) is 10.5 Å². The molecule has 1 heterocycles. The van der Waals surface area contributed by atoms with E-state index in [9.17, 15) is 8.78 Å². The standard InChI is InChI=1S/C13H16ClF2NS/c1-18-11-2-3-12(14)10(8-11)9-17-6-4-13(15,16)5-7-17/h2-3,8H,4-7,9H2,1H3. The SMILES string of the molecule is CSc1ccc(Cl)c(CN2CCC(F)(F)CC2)c1. The van der Waals surface area contributed by atoms with Gasteiger partial charge in [-0.3, -0.25) is 4.90 Å². The highest BCUT2D eigenvalue weighted by Crippen LogP contribution is 2.30. The fourth-order valence-electron chi connectivity index (χ4n) is 2.08. The molecular formula is C13H16ClF2NS. The average molecular weight is 292 g/mol. The zero-order valence-electron chi connectivity index (χ0n) is 10.3. The van der Waals surface area contributed by atoms with Gasteiger partial charge >= 0.3 is 0 Å². The van der Waals surface area contributed by atoms with Crippen LogP contribution in [-0.4, -0.2) is 30.2 Å². The lowest BCUT2D eigenvalue weighted by atomic mass is 10.1. The van der Waals surface area contributed by atoms with Crippen molar-refractivity contribution in [2.45, 2.75) is 30.2 Å². The molecule has 18 heavy (non-hydrogen) atoms. The molecule has 1 saturated heterocycles. The van der Waals surface area contributed by atoms with Gasteiger partial charge in [-0.2, -0.15) is 0 Å². The van der Waals surface area contributed by atoms with E-state index >= 15 is 0 Å². The van der Waals surface area contributed by atoms with Gasteiger partial charge in [-0.15, -0.1) is 11.8 Å². The van der Waals surface area contributed by atoms with Crippen LogP contribution in [0.2, 0.25) is 5.02 Å². The van der Waals surface area contributed by atoms with Crippen molar-refractivity contribution in [2.75, 3.05) is 19.3 Å². The molecule has 1 aliphatic rings. The Bertz CT molecular complexity index is 415. The van der Waals surface area contributed by atoms with E-state index in [1.807, 2.05) is 29.4 Å². The van der Waals surface area contributed by atoms with Crippen molar-refractivity contribution in [3.8, 4) is 0 Å². The highest BCUT2D eigenvalue weighted by atomic mass is 35.5. The van der Waals surface area contributed by atoms with E-state index in [-0.39, 0.29) is 12.8 Å². The fraction of sp³-hybridized carbons (Fsp3) is 0.538. The van der Waals surface area contributed by atoms with Gasteiger partial charge in [0.05, 0.1) is 0 Å². The Hall–Kier alpha value is -0.320. The lowest BCUT2D eigenvalue weighted by Gasteiger charge is -2.31. The Kier molecular flexibility index (Phi) is 4.51. The predicted molar refractivity (Wildman–Crippen MR) is 72.7 cm³/mol. The number of halogens is 3. The Balaban J connectivity index is 2.01. The first-order chi connectivity index (χ1) is 8.50. The van der Waals surface area contributed by atoms with Crippen LogP contribution in [0.15, 0.2) is 23.1 Å². The van der Waals surface area contributed by atoms with Crippen LogP contribution in [0.3, 0.4) is 0 Å². The zero-order chi connectivity index (χ0) is 13.2. The third-order valence-electron chi connectivity index (χ3n) is 3.23. The van der Waals surface area contributed by atoms with Gasteiger partial charge in [0.2, 0.25) is 0 Å². The summed E-state index contributed by atoms with van der Waals surface area (Å²) in [5, 5.41) is 0.713. The van der Waals surface area contributed by atoms with Crippen LogP contribution in [0.1, 0.15) is 18.4 Å². The summed E-state index contributed by atoms with van der Waals surface area (Å²) in [6, 6.07) is 5.89. The second-order valence-electron chi connectivity index (χ2n) is 4.59. The van der Waals surface area contributed by atoms with Gasteiger partial charge in [-0.25, -0.2) is 8.78 Å². The third kappa shape index (κ3) is 3.59. The van der Waals surface area contributed by atoms with E-state index in [4.69, 9.17) is 11.6 Å². The van der Waals surface area contributed by atoms with Crippen LogP contribution in [0.5, 0.6) is 0 Å². The first-order valence-electron chi connectivity index (χ1n) is 5.93. The van der Waals surface area contributed by atoms with Gasteiger partial charge in [0.15, 0.2) is 0 Å². The van der Waals surface area contributed by atoms with Crippen molar-refractivity contribution in [1.29, 1.82) is 0 Å². The molecule has 1 nitrogen and oxygen atoms in total. The molecule has 5 heteroatoms. The van der Waals surface area contributed by atoms with Crippen LogP contribution in [0, 0.1) is 0 Å². The summed E-state index contributed by atoms with van der Waals surface area (Å²) < 4.78 is 26.1. The maximum atomic E-state index is 13.1. The number of alkyl halides is 2. The molecule has 0 aromatic heterocycles. The molecule has 0 unspecified atom stereocenters. The number of thioether (sulfide) groups is 1. The molecule has 0 N–H and O–H groups in total. The molecule has 0 saturated carbocycles. The predicted octanol–water partition coefficient (Wildman–Crippen LogP) is 4.29. The molecule has 0 radical (unpaired) electrons. The maximum absolute atomic E-state index is 13.1. The topological polar surface area (TPSA) is 3.24 Å². The smallest absolute Gasteiger partial charge is 0.250 e. The van der Waals surface area contributed by atoms with Crippen LogP contribution >= 0.6 is 23.4 Å². The number of rotatable bonds is 3. The first kappa shape index (κ1) is 14.1. The fourth-order valence-corrected chi connectivity index (χ4v) is 2.72. The molecule has 0 bridgehead atoms. The Labute approximate surface area is 115 Å². The van der Waals surface area contributed by atoms with E-state index in [0.29, 0.717) is 24.7 Å². The zero-order valence-corrected chi connectivity index (χ0v) is 11.8. The van der Waals surface area contributed by atoms with Crippen molar-refractivity contribution in [3.63, 3.8) is 0 Å². The number of nitrogens with zero attached hydrogens (tertiary/aromatic N) is 1. The highest BCUT2D eigenvalue weighted by molar-refractivity contribution is 7.98. The number of likely N-dealkylation sites (tertiary alicyclic amines) is 1. The van der Waals surface area contributed by atoms with Crippen LogP contribution < -0.4 is 0 Å². The van der Waals surface area contributed by atoms with Gasteiger partial charge in [-0.1, -0.05) is 11.6 Å². The van der Waals surface area contributed by atoms with Crippen molar-refractivity contribution < 1.29 is 8.78 Å². The number of benzene rings is 1. The molecule has 1 aromatic carbocycles. The molecule has 0 atom stereocenters. The lowest BCUT2D eigenvalue weighted by Crippen LogP contribution is -2.38. The minimum absolute atomic E-state index is 0.0488. The Morgan fingerprint density at radius 3 is 2.61 bits per heavy atom. The molecular weight excluding hydrogens is 276 g/mol. The number of hydrogen-bond acceptors (Lipinski definition) is 2. The molecule has 0 spiro atoms. The average Bonchev–Trinajstić information content (AvgIpc) is 2.34. The molecule has 0 aliphatic carbocycles. The molecule has 100 valence electrons. The first-order valence-corrected chi connectivity index (χ1v) is 7.53. The summed E-state index contributed by atoms with van der Waals surface area (Å²) in [5.74, 6) is -2.48. The van der Waals surface area contributed by atoms with Gasteiger partial charge in [0.1, 0.15) is 0 Å². The maximum Gasteiger partial charge on any atom is 0.250 e. The number of hydrogen-bond donors (Lipinski definition) is 0. The summed E-state index contributed by atoms with van der Waals surface area (Å²) in [6.07, 6.45) is 1.91. The monoisotopic (exact) mass is 291 g/mol. The Morgan fingerprint density at radius 2 is 2.00 bits per heavy atom. The molecule has 2 rings (SSSR count). The Morgan fingerprint density at radius 1 is 1.33 bits per heavy atom. The largest absolute Gasteiger partial charge is 0.299 e. The van der Waals surface area contributed by atoms with E-state index in [1.54, 1.807) is 11.8 Å². The summed E-state index contributed by atoms with van der Waals surface area (Å²) in [6.45, 7) is 1.53.